The lowest BCUT2D eigenvalue weighted by molar-refractivity contribution is -0.132. The smallest absolute Gasteiger partial charge is 0.222 e. The van der Waals surface area contributed by atoms with Crippen LogP contribution in [-0.4, -0.2) is 30.4 Å². The van der Waals surface area contributed by atoms with Crippen molar-refractivity contribution < 1.29 is 4.79 Å². The lowest BCUT2D eigenvalue weighted by Crippen LogP contribution is -2.36. The molecule has 1 amide bonds. The van der Waals surface area contributed by atoms with Gasteiger partial charge in [0.05, 0.1) is 0 Å². The number of carbonyl (C=O) groups is 1. The SMILES string of the molecule is CCC(CN)CC(=O)N(C)C1CCCC1. The first-order valence-corrected chi connectivity index (χ1v) is 6.14. The number of nitrogens with zero attached hydrogens (tertiary/aromatic N) is 1. The molecule has 0 saturated heterocycles. The second kappa shape index (κ2) is 6.11. The summed E-state index contributed by atoms with van der Waals surface area (Å²) >= 11 is 0. The van der Waals surface area contributed by atoms with Crippen LogP contribution in [0, 0.1) is 5.92 Å². The highest BCUT2D eigenvalue weighted by atomic mass is 16.2. The van der Waals surface area contributed by atoms with E-state index in [1.165, 1.54) is 25.7 Å². The fourth-order valence-electron chi connectivity index (χ4n) is 2.28. The summed E-state index contributed by atoms with van der Waals surface area (Å²) in [5, 5.41) is 0. The Morgan fingerprint density at radius 1 is 1.47 bits per heavy atom. The first-order valence-electron chi connectivity index (χ1n) is 6.14. The highest BCUT2D eigenvalue weighted by molar-refractivity contribution is 5.76. The van der Waals surface area contributed by atoms with E-state index in [9.17, 15) is 4.79 Å². The molecule has 0 aliphatic heterocycles. The van der Waals surface area contributed by atoms with Crippen LogP contribution < -0.4 is 5.73 Å². The van der Waals surface area contributed by atoms with Crippen molar-refractivity contribution in [1.29, 1.82) is 0 Å². The molecule has 0 bridgehead atoms. The summed E-state index contributed by atoms with van der Waals surface area (Å²) < 4.78 is 0. The van der Waals surface area contributed by atoms with Crippen molar-refractivity contribution in [2.24, 2.45) is 11.7 Å². The second-order valence-electron chi connectivity index (χ2n) is 4.66. The van der Waals surface area contributed by atoms with Crippen molar-refractivity contribution in [2.45, 2.75) is 51.5 Å². The Bertz CT molecular complexity index is 196. The maximum absolute atomic E-state index is 11.9. The Kier molecular flexibility index (Phi) is 5.09. The first kappa shape index (κ1) is 12.5. The molecule has 1 unspecified atom stereocenters. The molecule has 88 valence electrons. The van der Waals surface area contributed by atoms with Crippen molar-refractivity contribution >= 4 is 5.91 Å². The molecule has 1 saturated carbocycles. The second-order valence-corrected chi connectivity index (χ2v) is 4.66. The number of hydrogen-bond acceptors (Lipinski definition) is 2. The molecule has 0 spiro atoms. The number of carbonyl (C=O) groups excluding carboxylic acids is 1. The van der Waals surface area contributed by atoms with E-state index in [1.54, 1.807) is 0 Å². The topological polar surface area (TPSA) is 46.3 Å². The fraction of sp³-hybridized carbons (Fsp3) is 0.917. The van der Waals surface area contributed by atoms with Crippen molar-refractivity contribution in [3.63, 3.8) is 0 Å². The van der Waals surface area contributed by atoms with Gasteiger partial charge in [0.25, 0.3) is 0 Å². The minimum absolute atomic E-state index is 0.277. The Labute approximate surface area is 93.0 Å². The van der Waals surface area contributed by atoms with Gasteiger partial charge in [-0.05, 0) is 25.3 Å². The van der Waals surface area contributed by atoms with E-state index in [0.29, 0.717) is 24.9 Å². The Morgan fingerprint density at radius 2 is 2.07 bits per heavy atom. The Morgan fingerprint density at radius 3 is 2.53 bits per heavy atom. The molecule has 1 rings (SSSR count). The number of nitrogens with two attached hydrogens (primary N) is 1. The van der Waals surface area contributed by atoms with Crippen LogP contribution in [0.2, 0.25) is 0 Å². The van der Waals surface area contributed by atoms with Crippen LogP contribution in [0.5, 0.6) is 0 Å². The van der Waals surface area contributed by atoms with E-state index in [0.717, 1.165) is 6.42 Å². The maximum Gasteiger partial charge on any atom is 0.222 e. The molecule has 3 heteroatoms. The van der Waals surface area contributed by atoms with E-state index >= 15 is 0 Å². The summed E-state index contributed by atoms with van der Waals surface area (Å²) in [6, 6.07) is 0.493. The molecule has 1 fully saturated rings. The maximum atomic E-state index is 11.9. The highest BCUT2D eigenvalue weighted by Gasteiger charge is 2.24. The molecule has 0 aromatic heterocycles. The lowest BCUT2D eigenvalue weighted by Gasteiger charge is -2.26. The predicted octanol–water partition coefficient (Wildman–Crippen LogP) is 1.76. The molecule has 0 aromatic carbocycles. The van der Waals surface area contributed by atoms with Crippen molar-refractivity contribution in [3.8, 4) is 0 Å². The average Bonchev–Trinajstić information content (AvgIpc) is 2.77. The van der Waals surface area contributed by atoms with E-state index in [2.05, 4.69) is 6.92 Å². The highest BCUT2D eigenvalue weighted by Crippen LogP contribution is 2.23. The van der Waals surface area contributed by atoms with Gasteiger partial charge in [0.15, 0.2) is 0 Å². The van der Waals surface area contributed by atoms with Crippen LogP contribution in [0.15, 0.2) is 0 Å². The van der Waals surface area contributed by atoms with Crippen molar-refractivity contribution in [1.82, 2.24) is 4.90 Å². The molecular formula is C12H24N2O. The Hall–Kier alpha value is -0.570. The van der Waals surface area contributed by atoms with Gasteiger partial charge in [0, 0.05) is 19.5 Å². The first-order chi connectivity index (χ1) is 7.19. The molecular weight excluding hydrogens is 188 g/mol. The zero-order valence-electron chi connectivity index (χ0n) is 10.0. The number of hydrogen-bond donors (Lipinski definition) is 1. The number of rotatable bonds is 5. The quantitative estimate of drug-likeness (QED) is 0.755. The van der Waals surface area contributed by atoms with Gasteiger partial charge in [-0.3, -0.25) is 4.79 Å². The average molecular weight is 212 g/mol. The third kappa shape index (κ3) is 3.49. The standard InChI is InChI=1S/C12H24N2O/c1-3-10(9-13)8-12(15)14(2)11-6-4-5-7-11/h10-11H,3-9,13H2,1-2H3. The summed E-state index contributed by atoms with van der Waals surface area (Å²) in [7, 11) is 1.95. The van der Waals surface area contributed by atoms with E-state index in [1.807, 2.05) is 11.9 Å². The minimum atomic E-state index is 0.277. The normalized spacial score (nSPS) is 19.1. The third-order valence-electron chi connectivity index (χ3n) is 3.64. The predicted molar refractivity (Wildman–Crippen MR) is 62.5 cm³/mol. The third-order valence-corrected chi connectivity index (χ3v) is 3.64. The molecule has 2 N–H and O–H groups in total. The molecule has 0 aromatic rings. The summed E-state index contributed by atoms with van der Waals surface area (Å²) in [6.07, 6.45) is 6.54. The number of amides is 1. The van der Waals surface area contributed by atoms with Crippen LogP contribution in [0.3, 0.4) is 0 Å². The van der Waals surface area contributed by atoms with Crippen LogP contribution in [-0.2, 0) is 4.79 Å². The van der Waals surface area contributed by atoms with E-state index in [4.69, 9.17) is 5.73 Å². The van der Waals surface area contributed by atoms with Gasteiger partial charge in [-0.25, -0.2) is 0 Å². The van der Waals surface area contributed by atoms with Crippen LogP contribution in [0.25, 0.3) is 0 Å². The van der Waals surface area contributed by atoms with Gasteiger partial charge in [-0.15, -0.1) is 0 Å². The molecule has 1 aliphatic carbocycles. The van der Waals surface area contributed by atoms with E-state index in [-0.39, 0.29) is 5.91 Å². The van der Waals surface area contributed by atoms with Gasteiger partial charge in [-0.2, -0.15) is 0 Å². The van der Waals surface area contributed by atoms with Crippen LogP contribution >= 0.6 is 0 Å². The van der Waals surface area contributed by atoms with Gasteiger partial charge in [0.1, 0.15) is 0 Å². The van der Waals surface area contributed by atoms with Crippen molar-refractivity contribution in [3.05, 3.63) is 0 Å². The molecule has 15 heavy (non-hydrogen) atoms. The van der Waals surface area contributed by atoms with Crippen molar-refractivity contribution in [2.75, 3.05) is 13.6 Å². The zero-order chi connectivity index (χ0) is 11.3. The Balaban J connectivity index is 2.37. The summed E-state index contributed by atoms with van der Waals surface area (Å²) in [6.45, 7) is 2.72. The van der Waals surface area contributed by atoms with Crippen LogP contribution in [0.1, 0.15) is 45.4 Å². The zero-order valence-corrected chi connectivity index (χ0v) is 10.0. The minimum Gasteiger partial charge on any atom is -0.343 e. The lowest BCUT2D eigenvalue weighted by atomic mass is 10.0. The molecule has 1 atom stereocenters. The van der Waals surface area contributed by atoms with E-state index < -0.39 is 0 Å². The monoisotopic (exact) mass is 212 g/mol. The molecule has 3 nitrogen and oxygen atoms in total. The van der Waals surface area contributed by atoms with Gasteiger partial charge < -0.3 is 10.6 Å². The summed E-state index contributed by atoms with van der Waals surface area (Å²) in [4.78, 5) is 13.9. The fourth-order valence-corrected chi connectivity index (χ4v) is 2.28. The molecule has 1 aliphatic rings. The molecule has 0 radical (unpaired) electrons. The van der Waals surface area contributed by atoms with Gasteiger partial charge in [-0.1, -0.05) is 26.2 Å². The molecule has 0 heterocycles. The van der Waals surface area contributed by atoms with Gasteiger partial charge >= 0.3 is 0 Å². The largest absolute Gasteiger partial charge is 0.343 e. The van der Waals surface area contributed by atoms with Gasteiger partial charge in [0.2, 0.25) is 5.91 Å². The summed E-state index contributed by atoms with van der Waals surface area (Å²) in [5.74, 6) is 0.639. The van der Waals surface area contributed by atoms with Crippen LogP contribution in [0.4, 0.5) is 0 Å². The summed E-state index contributed by atoms with van der Waals surface area (Å²) in [5.41, 5.74) is 5.61.